The Balaban J connectivity index is 0. The number of ketones is 1. The lowest BCUT2D eigenvalue weighted by atomic mass is 10.1. The first kappa shape index (κ1) is 16.1. The van der Waals surface area contributed by atoms with Gasteiger partial charge in [0.25, 0.3) is 0 Å². The van der Waals surface area contributed by atoms with Gasteiger partial charge in [0.05, 0.1) is 0 Å². The van der Waals surface area contributed by atoms with Gasteiger partial charge in [0.15, 0.2) is 0 Å². The molecule has 2 nitrogen and oxygen atoms in total. The van der Waals surface area contributed by atoms with E-state index in [1.165, 1.54) is 25.7 Å². The van der Waals surface area contributed by atoms with E-state index in [0.717, 1.165) is 12.8 Å². The molecule has 0 spiro atoms. The van der Waals surface area contributed by atoms with E-state index in [1.54, 1.807) is 6.92 Å². The zero-order chi connectivity index (χ0) is 11.2. The topological polar surface area (TPSA) is 37.3 Å². The summed E-state index contributed by atoms with van der Waals surface area (Å²) in [5.74, 6) is 0.418. The standard InChI is InChI=1S/C10H20O.C2H6O/c1-3-5-6-7-8-9-10(11)4-2;1-2-3/h3-9H2,1-2H3;3H,2H2,1H3. The molecule has 0 bridgehead atoms. The van der Waals surface area contributed by atoms with Gasteiger partial charge in [0.1, 0.15) is 5.78 Å². The largest absolute Gasteiger partial charge is 0.397 e. The molecule has 0 aromatic carbocycles. The van der Waals surface area contributed by atoms with Crippen molar-refractivity contribution >= 4 is 5.78 Å². The van der Waals surface area contributed by atoms with E-state index in [9.17, 15) is 4.79 Å². The van der Waals surface area contributed by atoms with Crippen molar-refractivity contribution in [1.82, 2.24) is 0 Å². The van der Waals surface area contributed by atoms with E-state index in [4.69, 9.17) is 5.11 Å². The quantitative estimate of drug-likeness (QED) is 0.643. The maximum Gasteiger partial charge on any atom is 0.132 e. The van der Waals surface area contributed by atoms with Crippen LogP contribution in [0.3, 0.4) is 0 Å². The smallest absolute Gasteiger partial charge is 0.132 e. The zero-order valence-electron chi connectivity index (χ0n) is 10.0. The van der Waals surface area contributed by atoms with Gasteiger partial charge in [-0.1, -0.05) is 39.5 Å². The van der Waals surface area contributed by atoms with Crippen molar-refractivity contribution in [2.24, 2.45) is 0 Å². The third-order valence-corrected chi connectivity index (χ3v) is 1.95. The maximum atomic E-state index is 10.8. The van der Waals surface area contributed by atoms with Crippen LogP contribution in [0.1, 0.15) is 65.7 Å². The average molecular weight is 202 g/mol. The molecule has 0 radical (unpaired) electrons. The highest BCUT2D eigenvalue weighted by molar-refractivity contribution is 5.77. The number of carbonyl (C=O) groups excluding carboxylic acids is 1. The first-order chi connectivity index (χ1) is 6.72. The lowest BCUT2D eigenvalue weighted by Gasteiger charge is -1.97. The summed E-state index contributed by atoms with van der Waals surface area (Å²) >= 11 is 0. The molecule has 2 heteroatoms. The summed E-state index contributed by atoms with van der Waals surface area (Å²) in [6, 6.07) is 0. The van der Waals surface area contributed by atoms with Crippen LogP contribution in [0.15, 0.2) is 0 Å². The van der Waals surface area contributed by atoms with Gasteiger partial charge in [-0.2, -0.15) is 0 Å². The fourth-order valence-electron chi connectivity index (χ4n) is 1.10. The Hall–Kier alpha value is -0.370. The molecule has 0 aromatic heterocycles. The fourth-order valence-corrected chi connectivity index (χ4v) is 1.10. The number of carbonyl (C=O) groups is 1. The first-order valence-corrected chi connectivity index (χ1v) is 5.85. The maximum absolute atomic E-state index is 10.8. The van der Waals surface area contributed by atoms with E-state index in [0.29, 0.717) is 12.2 Å². The predicted octanol–water partition coefficient (Wildman–Crippen LogP) is 3.32. The summed E-state index contributed by atoms with van der Waals surface area (Å²) < 4.78 is 0. The Morgan fingerprint density at radius 2 is 1.50 bits per heavy atom. The van der Waals surface area contributed by atoms with Crippen molar-refractivity contribution in [3.8, 4) is 0 Å². The fraction of sp³-hybridized carbons (Fsp3) is 0.917. The van der Waals surface area contributed by atoms with E-state index < -0.39 is 0 Å². The second-order valence-corrected chi connectivity index (χ2v) is 3.37. The lowest BCUT2D eigenvalue weighted by Crippen LogP contribution is -1.93. The van der Waals surface area contributed by atoms with Gasteiger partial charge in [-0.15, -0.1) is 0 Å². The van der Waals surface area contributed by atoms with Crippen LogP contribution < -0.4 is 0 Å². The third-order valence-electron chi connectivity index (χ3n) is 1.95. The normalized spacial score (nSPS) is 9.14. The Kier molecular flexibility index (Phi) is 17.4. The van der Waals surface area contributed by atoms with Crippen molar-refractivity contribution in [2.45, 2.75) is 65.7 Å². The van der Waals surface area contributed by atoms with Crippen LogP contribution in [-0.4, -0.2) is 17.5 Å². The highest BCUT2D eigenvalue weighted by atomic mass is 16.2. The molecule has 1 N–H and O–H groups in total. The Labute approximate surface area is 88.7 Å². The zero-order valence-corrected chi connectivity index (χ0v) is 10.0. The minimum Gasteiger partial charge on any atom is -0.397 e. The molecular formula is C12H26O2. The Morgan fingerprint density at radius 1 is 1.00 bits per heavy atom. The minimum atomic E-state index is 0.250. The third kappa shape index (κ3) is 17.6. The number of hydrogen-bond donors (Lipinski definition) is 1. The van der Waals surface area contributed by atoms with Gasteiger partial charge in [-0.05, 0) is 13.3 Å². The molecule has 0 aliphatic rings. The van der Waals surface area contributed by atoms with Crippen LogP contribution >= 0.6 is 0 Å². The van der Waals surface area contributed by atoms with Crippen LogP contribution in [0.25, 0.3) is 0 Å². The second-order valence-electron chi connectivity index (χ2n) is 3.37. The second kappa shape index (κ2) is 15.1. The molecule has 0 heterocycles. The molecule has 0 saturated heterocycles. The molecule has 0 aliphatic carbocycles. The molecule has 0 amide bonds. The van der Waals surface area contributed by atoms with Crippen LogP contribution in [0.4, 0.5) is 0 Å². The Bertz CT molecular complexity index is 111. The molecule has 14 heavy (non-hydrogen) atoms. The number of aliphatic hydroxyl groups excluding tert-OH is 1. The molecule has 0 aromatic rings. The van der Waals surface area contributed by atoms with Gasteiger partial charge >= 0.3 is 0 Å². The molecule has 0 saturated carbocycles. The van der Waals surface area contributed by atoms with Crippen molar-refractivity contribution in [3.63, 3.8) is 0 Å². The number of aliphatic hydroxyl groups is 1. The molecule has 0 atom stereocenters. The average Bonchev–Trinajstić information content (AvgIpc) is 2.18. The summed E-state index contributed by atoms with van der Waals surface area (Å²) in [5, 5.41) is 7.57. The van der Waals surface area contributed by atoms with Crippen molar-refractivity contribution in [1.29, 1.82) is 0 Å². The van der Waals surface area contributed by atoms with Crippen LogP contribution in [-0.2, 0) is 4.79 Å². The molecule has 86 valence electrons. The summed E-state index contributed by atoms with van der Waals surface area (Å²) in [5.41, 5.74) is 0. The van der Waals surface area contributed by atoms with Gasteiger partial charge in [0.2, 0.25) is 0 Å². The van der Waals surface area contributed by atoms with Gasteiger partial charge in [-0.3, -0.25) is 4.79 Å². The lowest BCUT2D eigenvalue weighted by molar-refractivity contribution is -0.118. The van der Waals surface area contributed by atoms with E-state index in [1.807, 2.05) is 6.92 Å². The first-order valence-electron chi connectivity index (χ1n) is 5.85. The molecule has 0 rings (SSSR count). The van der Waals surface area contributed by atoms with Gasteiger partial charge in [0, 0.05) is 19.4 Å². The summed E-state index contributed by atoms with van der Waals surface area (Å²) in [6.07, 6.45) is 7.76. The molecule has 0 fully saturated rings. The van der Waals surface area contributed by atoms with E-state index in [2.05, 4.69) is 6.92 Å². The molecule has 0 aliphatic heterocycles. The monoisotopic (exact) mass is 202 g/mol. The van der Waals surface area contributed by atoms with Gasteiger partial charge < -0.3 is 5.11 Å². The van der Waals surface area contributed by atoms with E-state index >= 15 is 0 Å². The highest BCUT2D eigenvalue weighted by Crippen LogP contribution is 2.05. The van der Waals surface area contributed by atoms with E-state index in [-0.39, 0.29) is 6.61 Å². The Morgan fingerprint density at radius 3 is 1.93 bits per heavy atom. The summed E-state index contributed by atoms with van der Waals surface area (Å²) in [7, 11) is 0. The van der Waals surface area contributed by atoms with Gasteiger partial charge in [-0.25, -0.2) is 0 Å². The van der Waals surface area contributed by atoms with Crippen molar-refractivity contribution < 1.29 is 9.90 Å². The molecular weight excluding hydrogens is 176 g/mol. The number of Topliss-reactive ketones (excluding diaryl/α,β-unsaturated/α-hetero) is 1. The van der Waals surface area contributed by atoms with Crippen molar-refractivity contribution in [2.75, 3.05) is 6.61 Å². The number of unbranched alkanes of at least 4 members (excludes halogenated alkanes) is 4. The van der Waals surface area contributed by atoms with Crippen molar-refractivity contribution in [3.05, 3.63) is 0 Å². The molecule has 0 unspecified atom stereocenters. The minimum absolute atomic E-state index is 0.250. The summed E-state index contributed by atoms with van der Waals surface area (Å²) in [4.78, 5) is 10.8. The SMILES string of the molecule is CCCCCCCC(=O)CC.CCO. The summed E-state index contributed by atoms with van der Waals surface area (Å²) in [6.45, 7) is 6.07. The number of hydrogen-bond acceptors (Lipinski definition) is 2. The predicted molar refractivity (Wildman–Crippen MR) is 61.4 cm³/mol. The van der Waals surface area contributed by atoms with Crippen LogP contribution in [0, 0.1) is 0 Å². The number of rotatable bonds is 7. The van der Waals surface area contributed by atoms with Crippen LogP contribution in [0.5, 0.6) is 0 Å². The van der Waals surface area contributed by atoms with Crippen LogP contribution in [0.2, 0.25) is 0 Å². The highest BCUT2D eigenvalue weighted by Gasteiger charge is 1.96.